The van der Waals surface area contributed by atoms with Crippen molar-refractivity contribution in [2.45, 2.75) is 25.8 Å². The molecule has 1 aromatic heterocycles. The van der Waals surface area contributed by atoms with E-state index in [4.69, 9.17) is 10.5 Å². The molecule has 1 amide bonds. The first-order valence-corrected chi connectivity index (χ1v) is 5.73. The van der Waals surface area contributed by atoms with Gasteiger partial charge in [-0.3, -0.25) is 9.89 Å². The molecular weight excluding hydrogens is 222 g/mol. The van der Waals surface area contributed by atoms with Crippen LogP contribution in [0.15, 0.2) is 0 Å². The van der Waals surface area contributed by atoms with E-state index in [1.54, 1.807) is 0 Å². The fraction of sp³-hybridized carbons (Fsp3) is 0.700. The van der Waals surface area contributed by atoms with Gasteiger partial charge in [-0.25, -0.2) is 0 Å². The van der Waals surface area contributed by atoms with Gasteiger partial charge in [0.2, 0.25) is 11.8 Å². The minimum atomic E-state index is -0.270. The number of anilines is 1. The van der Waals surface area contributed by atoms with Crippen LogP contribution in [0.4, 0.5) is 5.95 Å². The quantitative estimate of drug-likeness (QED) is 0.684. The van der Waals surface area contributed by atoms with E-state index < -0.39 is 0 Å². The van der Waals surface area contributed by atoms with Crippen LogP contribution in [0.3, 0.4) is 0 Å². The van der Waals surface area contributed by atoms with Gasteiger partial charge in [-0.15, -0.1) is 5.10 Å². The number of nitrogen functional groups attached to an aromatic ring is 1. The molecule has 0 saturated carbocycles. The molecule has 0 aliphatic carbocycles. The molecule has 7 heteroatoms. The highest BCUT2D eigenvalue weighted by molar-refractivity contribution is 5.90. The number of nitrogens with one attached hydrogen (secondary N) is 2. The Kier molecular flexibility index (Phi) is 3.58. The number of nitrogens with two attached hydrogens (primary N) is 1. The lowest BCUT2D eigenvalue weighted by molar-refractivity contribution is 0.0537. The summed E-state index contributed by atoms with van der Waals surface area (Å²) in [6.07, 6.45) is 1.94. The summed E-state index contributed by atoms with van der Waals surface area (Å²) in [4.78, 5) is 15.6. The number of amides is 1. The molecule has 0 bridgehead atoms. The molecule has 1 atom stereocenters. The number of rotatable bonds is 3. The topological polar surface area (TPSA) is 106 Å². The van der Waals surface area contributed by atoms with Crippen molar-refractivity contribution in [1.29, 1.82) is 0 Å². The van der Waals surface area contributed by atoms with Gasteiger partial charge in [0, 0.05) is 19.3 Å². The van der Waals surface area contributed by atoms with Crippen LogP contribution in [-0.2, 0) is 4.74 Å². The Labute approximate surface area is 99.1 Å². The predicted molar refractivity (Wildman–Crippen MR) is 61.3 cm³/mol. The van der Waals surface area contributed by atoms with E-state index in [2.05, 4.69) is 20.5 Å². The van der Waals surface area contributed by atoms with Crippen LogP contribution >= 0.6 is 0 Å². The lowest BCUT2D eigenvalue weighted by Crippen LogP contribution is -2.40. The van der Waals surface area contributed by atoms with Crippen molar-refractivity contribution >= 4 is 11.9 Å². The second-order valence-electron chi connectivity index (χ2n) is 4.25. The highest BCUT2D eigenvalue weighted by atomic mass is 16.5. The number of nitrogens with zero attached hydrogens (tertiary/aromatic N) is 2. The third kappa shape index (κ3) is 2.94. The zero-order valence-corrected chi connectivity index (χ0v) is 9.77. The number of hydrogen-bond donors (Lipinski definition) is 3. The minimum Gasteiger partial charge on any atom is -0.381 e. The summed E-state index contributed by atoms with van der Waals surface area (Å²) in [5.74, 6) is 0.413. The number of hydrogen-bond acceptors (Lipinski definition) is 5. The van der Waals surface area contributed by atoms with E-state index in [1.807, 2.05) is 6.92 Å². The minimum absolute atomic E-state index is 0.0777. The highest BCUT2D eigenvalue weighted by Crippen LogP contribution is 2.18. The molecule has 7 nitrogen and oxygen atoms in total. The molecule has 0 radical (unpaired) electrons. The highest BCUT2D eigenvalue weighted by Gasteiger charge is 2.23. The van der Waals surface area contributed by atoms with Gasteiger partial charge in [-0.1, -0.05) is 0 Å². The van der Waals surface area contributed by atoms with Gasteiger partial charge in [-0.2, -0.15) is 4.98 Å². The molecule has 1 aromatic rings. The van der Waals surface area contributed by atoms with E-state index in [9.17, 15) is 4.79 Å². The predicted octanol–water partition coefficient (Wildman–Crippen LogP) is -0.0682. The van der Waals surface area contributed by atoms with Gasteiger partial charge < -0.3 is 15.8 Å². The normalized spacial score (nSPS) is 18.9. The first-order valence-electron chi connectivity index (χ1n) is 5.73. The third-order valence-corrected chi connectivity index (χ3v) is 3.05. The lowest BCUT2D eigenvalue weighted by atomic mass is 9.93. The van der Waals surface area contributed by atoms with E-state index in [0.29, 0.717) is 5.92 Å². The van der Waals surface area contributed by atoms with Crippen LogP contribution in [0, 0.1) is 5.92 Å². The van der Waals surface area contributed by atoms with Crippen molar-refractivity contribution < 1.29 is 9.53 Å². The van der Waals surface area contributed by atoms with Crippen molar-refractivity contribution in [1.82, 2.24) is 20.5 Å². The largest absolute Gasteiger partial charge is 0.381 e. The standard InChI is InChI=1S/C10H17N5O2/c1-6(7-2-4-17-5-3-7)12-9(16)8-13-10(11)15-14-8/h6-7H,2-5H2,1H3,(H,12,16)(H3,11,13,14,15). The van der Waals surface area contributed by atoms with Crippen LogP contribution in [0.25, 0.3) is 0 Å². The fourth-order valence-electron chi connectivity index (χ4n) is 1.99. The zero-order chi connectivity index (χ0) is 12.3. The van der Waals surface area contributed by atoms with E-state index in [0.717, 1.165) is 26.1 Å². The molecule has 0 spiro atoms. The lowest BCUT2D eigenvalue weighted by Gasteiger charge is -2.28. The molecular formula is C10H17N5O2. The fourth-order valence-corrected chi connectivity index (χ4v) is 1.99. The van der Waals surface area contributed by atoms with Crippen molar-refractivity contribution in [3.63, 3.8) is 0 Å². The summed E-state index contributed by atoms with van der Waals surface area (Å²) >= 11 is 0. The number of H-pyrrole nitrogens is 1. The Morgan fingerprint density at radius 1 is 1.59 bits per heavy atom. The molecule has 1 fully saturated rings. The number of carbonyl (C=O) groups excluding carboxylic acids is 1. The van der Waals surface area contributed by atoms with Crippen molar-refractivity contribution in [2.24, 2.45) is 5.92 Å². The summed E-state index contributed by atoms with van der Waals surface area (Å²) in [6.45, 7) is 3.52. The second kappa shape index (κ2) is 5.13. The Morgan fingerprint density at radius 3 is 2.88 bits per heavy atom. The number of carbonyl (C=O) groups is 1. The Hall–Kier alpha value is -1.63. The number of aromatic amines is 1. The monoisotopic (exact) mass is 239 g/mol. The Morgan fingerprint density at radius 2 is 2.29 bits per heavy atom. The van der Waals surface area contributed by atoms with Crippen molar-refractivity contribution in [3.8, 4) is 0 Å². The van der Waals surface area contributed by atoms with Crippen molar-refractivity contribution in [3.05, 3.63) is 5.82 Å². The van der Waals surface area contributed by atoms with Gasteiger partial charge in [0.15, 0.2) is 0 Å². The van der Waals surface area contributed by atoms with Crippen LogP contribution in [0.2, 0.25) is 0 Å². The maximum absolute atomic E-state index is 11.8. The summed E-state index contributed by atoms with van der Waals surface area (Å²) in [7, 11) is 0. The summed E-state index contributed by atoms with van der Waals surface area (Å²) in [6, 6.07) is 0.0951. The van der Waals surface area contributed by atoms with Crippen molar-refractivity contribution in [2.75, 3.05) is 18.9 Å². The first-order chi connectivity index (χ1) is 8.16. The maximum atomic E-state index is 11.8. The molecule has 0 aromatic carbocycles. The van der Waals surface area contributed by atoms with Gasteiger partial charge in [0.25, 0.3) is 5.91 Å². The van der Waals surface area contributed by atoms with Crippen LogP contribution in [-0.4, -0.2) is 40.3 Å². The second-order valence-corrected chi connectivity index (χ2v) is 4.25. The van der Waals surface area contributed by atoms with Crippen LogP contribution in [0.5, 0.6) is 0 Å². The molecule has 1 aliphatic rings. The molecule has 1 aliphatic heterocycles. The summed E-state index contributed by atoms with van der Waals surface area (Å²) in [5, 5.41) is 9.00. The van der Waals surface area contributed by atoms with E-state index >= 15 is 0 Å². The van der Waals surface area contributed by atoms with Gasteiger partial charge in [0.1, 0.15) is 0 Å². The smallest absolute Gasteiger partial charge is 0.288 e. The molecule has 94 valence electrons. The van der Waals surface area contributed by atoms with Gasteiger partial charge in [-0.05, 0) is 25.7 Å². The molecule has 2 rings (SSSR count). The number of ether oxygens (including phenoxy) is 1. The first kappa shape index (κ1) is 11.8. The Balaban J connectivity index is 1.89. The molecule has 1 unspecified atom stereocenters. The zero-order valence-electron chi connectivity index (χ0n) is 9.77. The summed E-state index contributed by atoms with van der Waals surface area (Å²) in [5.41, 5.74) is 5.34. The molecule has 4 N–H and O–H groups in total. The van der Waals surface area contributed by atoms with Gasteiger partial charge >= 0.3 is 0 Å². The molecule has 2 heterocycles. The third-order valence-electron chi connectivity index (χ3n) is 3.05. The van der Waals surface area contributed by atoms with Gasteiger partial charge in [0.05, 0.1) is 0 Å². The summed E-state index contributed by atoms with van der Waals surface area (Å²) < 4.78 is 5.29. The maximum Gasteiger partial charge on any atom is 0.288 e. The van der Waals surface area contributed by atoms with E-state index in [-0.39, 0.29) is 23.7 Å². The average molecular weight is 239 g/mol. The van der Waals surface area contributed by atoms with Crippen LogP contribution < -0.4 is 11.1 Å². The SMILES string of the molecule is CC(NC(=O)c1nc(N)n[nH]1)C1CCOCC1. The number of aromatic nitrogens is 3. The Bertz CT molecular complexity index is 386. The van der Waals surface area contributed by atoms with E-state index in [1.165, 1.54) is 0 Å². The molecule has 1 saturated heterocycles. The average Bonchev–Trinajstić information content (AvgIpc) is 2.77. The molecule has 17 heavy (non-hydrogen) atoms. The van der Waals surface area contributed by atoms with Crippen LogP contribution in [0.1, 0.15) is 30.4 Å².